The van der Waals surface area contributed by atoms with Crippen molar-refractivity contribution in [3.8, 4) is 0 Å². The van der Waals surface area contributed by atoms with E-state index in [-0.39, 0.29) is 11.8 Å². The predicted octanol–water partition coefficient (Wildman–Crippen LogP) is 2.33. The minimum absolute atomic E-state index is 0.0960. The topological polar surface area (TPSA) is 67.2 Å². The first-order chi connectivity index (χ1) is 11.7. The molecule has 0 aliphatic carbocycles. The zero-order chi connectivity index (χ0) is 16.9. The zero-order valence-corrected chi connectivity index (χ0v) is 14.6. The van der Waals surface area contributed by atoms with Gasteiger partial charge in [0.25, 0.3) is 0 Å². The summed E-state index contributed by atoms with van der Waals surface area (Å²) in [5.74, 6) is 0.0155. The van der Waals surface area contributed by atoms with Crippen molar-refractivity contribution in [2.75, 3.05) is 6.54 Å². The number of thiophene rings is 1. The Labute approximate surface area is 145 Å². The number of nitrogens with one attached hydrogen (secondary N) is 1. The molecule has 6 nitrogen and oxygen atoms in total. The number of rotatable bonds is 6. The van der Waals surface area contributed by atoms with Crippen LogP contribution in [0, 0.1) is 0 Å². The molecule has 128 valence electrons. The van der Waals surface area contributed by atoms with Crippen LogP contribution in [0.1, 0.15) is 42.8 Å². The molecule has 24 heavy (non-hydrogen) atoms. The second-order valence-electron chi connectivity index (χ2n) is 5.96. The average molecular weight is 346 g/mol. The third kappa shape index (κ3) is 3.67. The molecule has 1 atom stereocenters. The Morgan fingerprint density at radius 1 is 1.42 bits per heavy atom. The first kappa shape index (κ1) is 16.7. The maximum atomic E-state index is 12.6. The summed E-state index contributed by atoms with van der Waals surface area (Å²) in [6, 6.07) is 5.37. The third-order valence-electron chi connectivity index (χ3n) is 4.21. The van der Waals surface area contributed by atoms with Crippen LogP contribution in [0.5, 0.6) is 0 Å². The molecule has 2 aromatic heterocycles. The molecule has 0 bridgehead atoms. The Bertz CT molecular complexity index is 695. The van der Waals surface area contributed by atoms with Crippen LogP contribution in [0.4, 0.5) is 0 Å². The second-order valence-corrected chi connectivity index (χ2v) is 6.99. The number of aromatic nitrogens is 2. The Morgan fingerprint density at radius 2 is 2.29 bits per heavy atom. The van der Waals surface area contributed by atoms with E-state index in [1.807, 2.05) is 23.6 Å². The fourth-order valence-electron chi connectivity index (χ4n) is 2.87. The molecule has 0 radical (unpaired) electrons. The molecule has 0 spiro atoms. The summed E-state index contributed by atoms with van der Waals surface area (Å²) in [6.07, 6.45) is 4.09. The van der Waals surface area contributed by atoms with Crippen LogP contribution in [-0.4, -0.2) is 33.0 Å². The van der Waals surface area contributed by atoms with Gasteiger partial charge >= 0.3 is 0 Å². The molecule has 2 aromatic rings. The lowest BCUT2D eigenvalue weighted by Gasteiger charge is -2.33. The number of carbonyl (C=O) groups is 2. The van der Waals surface area contributed by atoms with E-state index in [4.69, 9.17) is 0 Å². The smallest absolute Gasteiger partial charge is 0.247 e. The van der Waals surface area contributed by atoms with E-state index in [2.05, 4.69) is 17.3 Å². The zero-order valence-electron chi connectivity index (χ0n) is 13.8. The molecule has 0 fully saturated rings. The summed E-state index contributed by atoms with van der Waals surface area (Å²) in [6.45, 7) is 3.48. The highest BCUT2D eigenvalue weighted by atomic mass is 32.1. The van der Waals surface area contributed by atoms with Crippen molar-refractivity contribution >= 4 is 23.2 Å². The van der Waals surface area contributed by atoms with Gasteiger partial charge in [-0.2, -0.15) is 5.10 Å². The van der Waals surface area contributed by atoms with Gasteiger partial charge in [0, 0.05) is 17.5 Å². The molecule has 0 aromatic carbocycles. The first-order valence-electron chi connectivity index (χ1n) is 8.29. The van der Waals surface area contributed by atoms with Gasteiger partial charge in [0.1, 0.15) is 6.04 Å². The number of amides is 2. The van der Waals surface area contributed by atoms with E-state index in [0.717, 1.165) is 23.4 Å². The van der Waals surface area contributed by atoms with Gasteiger partial charge in [-0.25, -0.2) is 0 Å². The molecule has 3 heterocycles. The van der Waals surface area contributed by atoms with Crippen LogP contribution in [0.25, 0.3) is 0 Å². The molecule has 1 unspecified atom stereocenters. The molecule has 0 saturated carbocycles. The SMILES string of the molecule is CCCCC(=O)N1Cc2ccnn2C(C(=O)NCc2cccs2)C1. The standard InChI is InChI=1S/C17H22N4O2S/c1-2-3-6-16(22)20-11-13-7-8-19-21(13)15(12-20)17(23)18-10-14-5-4-9-24-14/h4-5,7-9,15H,2-3,6,10-12H2,1H3,(H,18,23). The third-order valence-corrected chi connectivity index (χ3v) is 5.09. The van der Waals surface area contributed by atoms with Crippen molar-refractivity contribution < 1.29 is 9.59 Å². The van der Waals surface area contributed by atoms with E-state index < -0.39 is 6.04 Å². The van der Waals surface area contributed by atoms with E-state index >= 15 is 0 Å². The van der Waals surface area contributed by atoms with E-state index in [1.54, 1.807) is 27.1 Å². The largest absolute Gasteiger partial charge is 0.349 e. The number of hydrogen-bond acceptors (Lipinski definition) is 4. The van der Waals surface area contributed by atoms with Crippen LogP contribution in [0.3, 0.4) is 0 Å². The van der Waals surface area contributed by atoms with Crippen molar-refractivity contribution in [1.82, 2.24) is 20.0 Å². The molecule has 1 aliphatic heterocycles. The van der Waals surface area contributed by atoms with Gasteiger partial charge in [-0.1, -0.05) is 19.4 Å². The number of carbonyl (C=O) groups excluding carboxylic acids is 2. The summed E-state index contributed by atoms with van der Waals surface area (Å²) in [7, 11) is 0. The Balaban J connectivity index is 1.69. The lowest BCUT2D eigenvalue weighted by atomic mass is 10.1. The fraction of sp³-hybridized carbons (Fsp3) is 0.471. The van der Waals surface area contributed by atoms with Gasteiger partial charge in [0.2, 0.25) is 11.8 Å². The quantitative estimate of drug-likeness (QED) is 0.873. The summed E-state index contributed by atoms with van der Waals surface area (Å²) < 4.78 is 1.74. The molecular weight excluding hydrogens is 324 g/mol. The maximum Gasteiger partial charge on any atom is 0.247 e. The maximum absolute atomic E-state index is 12.6. The molecule has 3 rings (SSSR count). The number of nitrogens with zero attached hydrogens (tertiary/aromatic N) is 3. The molecule has 2 amide bonds. The molecule has 1 N–H and O–H groups in total. The van der Waals surface area contributed by atoms with E-state index in [9.17, 15) is 9.59 Å². The number of unbranched alkanes of at least 4 members (excludes halogenated alkanes) is 1. The molecule has 0 saturated heterocycles. The summed E-state index contributed by atoms with van der Waals surface area (Å²) in [4.78, 5) is 27.9. The average Bonchev–Trinajstić information content (AvgIpc) is 3.27. The van der Waals surface area contributed by atoms with Gasteiger partial charge < -0.3 is 10.2 Å². The Kier molecular flexibility index (Phi) is 5.30. The summed E-state index contributed by atoms with van der Waals surface area (Å²) in [5, 5.41) is 9.23. The van der Waals surface area contributed by atoms with Crippen molar-refractivity contribution in [2.45, 2.75) is 45.3 Å². The van der Waals surface area contributed by atoms with Crippen molar-refractivity contribution in [3.05, 3.63) is 40.3 Å². The van der Waals surface area contributed by atoms with Crippen LogP contribution in [0.15, 0.2) is 29.8 Å². The lowest BCUT2D eigenvalue weighted by molar-refractivity contribution is -0.135. The van der Waals surface area contributed by atoms with Crippen LogP contribution >= 0.6 is 11.3 Å². The van der Waals surface area contributed by atoms with Crippen molar-refractivity contribution in [1.29, 1.82) is 0 Å². The highest BCUT2D eigenvalue weighted by molar-refractivity contribution is 7.09. The van der Waals surface area contributed by atoms with Gasteiger partial charge in [-0.15, -0.1) is 11.3 Å². The highest BCUT2D eigenvalue weighted by Crippen LogP contribution is 2.22. The molecular formula is C17H22N4O2S. The van der Waals surface area contributed by atoms with Gasteiger partial charge in [0.05, 0.1) is 25.3 Å². The predicted molar refractivity (Wildman–Crippen MR) is 92.4 cm³/mol. The summed E-state index contributed by atoms with van der Waals surface area (Å²) >= 11 is 1.61. The normalized spacial score (nSPS) is 16.7. The minimum atomic E-state index is -0.464. The van der Waals surface area contributed by atoms with Gasteiger partial charge in [0.15, 0.2) is 0 Å². The van der Waals surface area contributed by atoms with Crippen molar-refractivity contribution in [2.24, 2.45) is 0 Å². The second kappa shape index (κ2) is 7.61. The monoisotopic (exact) mass is 346 g/mol. The Hall–Kier alpha value is -2.15. The number of fused-ring (bicyclic) bond motifs is 1. The van der Waals surface area contributed by atoms with Gasteiger partial charge in [-0.3, -0.25) is 14.3 Å². The van der Waals surface area contributed by atoms with Gasteiger partial charge in [-0.05, 0) is 23.9 Å². The van der Waals surface area contributed by atoms with Crippen LogP contribution in [-0.2, 0) is 22.7 Å². The fourth-order valence-corrected chi connectivity index (χ4v) is 3.51. The number of hydrogen-bond donors (Lipinski definition) is 1. The highest BCUT2D eigenvalue weighted by Gasteiger charge is 2.32. The first-order valence-corrected chi connectivity index (χ1v) is 9.17. The molecule has 1 aliphatic rings. The Morgan fingerprint density at radius 3 is 3.04 bits per heavy atom. The van der Waals surface area contributed by atoms with Crippen LogP contribution in [0.2, 0.25) is 0 Å². The molecule has 7 heteroatoms. The van der Waals surface area contributed by atoms with Crippen LogP contribution < -0.4 is 5.32 Å². The minimum Gasteiger partial charge on any atom is -0.349 e. The van der Waals surface area contributed by atoms with E-state index in [0.29, 0.717) is 26.1 Å². The van der Waals surface area contributed by atoms with E-state index in [1.165, 1.54) is 0 Å². The summed E-state index contributed by atoms with van der Waals surface area (Å²) in [5.41, 5.74) is 0.905. The lowest BCUT2D eigenvalue weighted by Crippen LogP contribution is -2.46. The van der Waals surface area contributed by atoms with Crippen molar-refractivity contribution in [3.63, 3.8) is 0 Å².